The molecule has 7 heteroatoms. The molecule has 0 heterocycles. The van der Waals surface area contributed by atoms with Crippen LogP contribution in [-0.2, 0) is 0 Å². The maximum Gasteiger partial charge on any atom is 0.256 e. The Balaban J connectivity index is 3.06. The van der Waals surface area contributed by atoms with Gasteiger partial charge in [0.05, 0.1) is 5.56 Å². The van der Waals surface area contributed by atoms with Crippen LogP contribution in [0.15, 0.2) is 6.07 Å². The van der Waals surface area contributed by atoms with Crippen LogP contribution in [0.1, 0.15) is 10.4 Å². The third-order valence-electron chi connectivity index (χ3n) is 2.41. The average molecular weight is 262 g/mol. The van der Waals surface area contributed by atoms with Gasteiger partial charge in [-0.2, -0.15) is 4.39 Å². The highest BCUT2D eigenvalue weighted by atomic mass is 19.2. The predicted molar refractivity (Wildman–Crippen MR) is 58.9 cm³/mol. The van der Waals surface area contributed by atoms with Gasteiger partial charge in [-0.1, -0.05) is 0 Å². The van der Waals surface area contributed by atoms with Crippen molar-refractivity contribution < 1.29 is 23.1 Å². The Morgan fingerprint density at radius 1 is 1.39 bits per heavy atom. The summed E-state index contributed by atoms with van der Waals surface area (Å²) in [7, 11) is 3.06. The zero-order valence-electron chi connectivity index (χ0n) is 9.93. The first kappa shape index (κ1) is 14.3. The quantitative estimate of drug-likeness (QED) is 0.799. The third kappa shape index (κ3) is 2.73. The molecule has 100 valence electrons. The summed E-state index contributed by atoms with van der Waals surface area (Å²) < 4.78 is 39.3. The highest BCUT2D eigenvalue weighted by molar-refractivity contribution is 5.94. The number of nitrogens with one attached hydrogen (secondary N) is 1. The van der Waals surface area contributed by atoms with E-state index >= 15 is 0 Å². The van der Waals surface area contributed by atoms with E-state index < -0.39 is 34.7 Å². The highest BCUT2D eigenvalue weighted by Crippen LogP contribution is 2.26. The van der Waals surface area contributed by atoms with Crippen molar-refractivity contribution in [3.8, 4) is 5.75 Å². The first-order valence-corrected chi connectivity index (χ1v) is 5.16. The van der Waals surface area contributed by atoms with Gasteiger partial charge in [0.25, 0.3) is 5.91 Å². The van der Waals surface area contributed by atoms with Crippen molar-refractivity contribution in [3.63, 3.8) is 0 Å². The maximum atomic E-state index is 13.5. The minimum absolute atomic E-state index is 0.258. The number of aromatic hydroxyl groups is 1. The number of rotatable bonds is 4. The molecule has 0 aromatic heterocycles. The molecular weight excluding hydrogens is 249 g/mol. The van der Waals surface area contributed by atoms with Gasteiger partial charge in [0.15, 0.2) is 17.4 Å². The summed E-state index contributed by atoms with van der Waals surface area (Å²) in [6, 6.07) is 0.433. The lowest BCUT2D eigenvalue weighted by molar-refractivity contribution is 0.0790. The SMILES string of the molecule is CNCCN(C)C(=O)c1cc(F)c(F)c(O)c1F. The second-order valence-corrected chi connectivity index (χ2v) is 3.71. The standard InChI is InChI=1S/C11H13F3N2O2/c1-15-3-4-16(2)11(18)6-5-7(12)9(14)10(17)8(6)13/h5,15,17H,3-4H2,1-2H3. The normalized spacial score (nSPS) is 10.5. The van der Waals surface area contributed by atoms with Gasteiger partial charge >= 0.3 is 0 Å². The first-order valence-electron chi connectivity index (χ1n) is 5.16. The fourth-order valence-corrected chi connectivity index (χ4v) is 1.33. The van der Waals surface area contributed by atoms with Crippen molar-refractivity contribution >= 4 is 5.91 Å². The smallest absolute Gasteiger partial charge is 0.256 e. The number of halogens is 3. The van der Waals surface area contributed by atoms with Gasteiger partial charge in [-0.15, -0.1) is 0 Å². The number of hydrogen-bond acceptors (Lipinski definition) is 3. The molecule has 0 saturated heterocycles. The summed E-state index contributed by atoms with van der Waals surface area (Å²) >= 11 is 0. The molecular formula is C11H13F3N2O2. The molecule has 1 rings (SSSR count). The molecule has 0 aliphatic heterocycles. The van der Waals surface area contributed by atoms with Gasteiger partial charge in [0.1, 0.15) is 0 Å². The summed E-state index contributed by atoms with van der Waals surface area (Å²) in [5.74, 6) is -6.96. The van der Waals surface area contributed by atoms with E-state index in [4.69, 9.17) is 5.11 Å². The Kier molecular flexibility index (Phi) is 4.55. The molecule has 0 aliphatic carbocycles. The van der Waals surface area contributed by atoms with Gasteiger partial charge in [0, 0.05) is 20.1 Å². The lowest BCUT2D eigenvalue weighted by Crippen LogP contribution is -2.33. The first-order chi connectivity index (χ1) is 8.40. The molecule has 0 atom stereocenters. The minimum atomic E-state index is -1.71. The van der Waals surface area contributed by atoms with Crippen LogP contribution in [0.5, 0.6) is 5.75 Å². The molecule has 2 N–H and O–H groups in total. The maximum absolute atomic E-state index is 13.5. The van der Waals surface area contributed by atoms with E-state index in [9.17, 15) is 18.0 Å². The molecule has 0 aliphatic rings. The van der Waals surface area contributed by atoms with Crippen LogP contribution in [0.25, 0.3) is 0 Å². The van der Waals surface area contributed by atoms with Crippen molar-refractivity contribution in [2.45, 2.75) is 0 Å². The lowest BCUT2D eigenvalue weighted by atomic mass is 10.1. The second-order valence-electron chi connectivity index (χ2n) is 3.71. The van der Waals surface area contributed by atoms with Gasteiger partial charge in [-0.05, 0) is 13.1 Å². The van der Waals surface area contributed by atoms with Crippen LogP contribution in [-0.4, -0.2) is 43.1 Å². The van der Waals surface area contributed by atoms with E-state index in [2.05, 4.69) is 5.32 Å². The number of likely N-dealkylation sites (N-methyl/N-ethyl adjacent to an activating group) is 2. The van der Waals surface area contributed by atoms with Crippen molar-refractivity contribution in [3.05, 3.63) is 29.1 Å². The van der Waals surface area contributed by atoms with Gasteiger partial charge in [0.2, 0.25) is 5.82 Å². The van der Waals surface area contributed by atoms with Crippen molar-refractivity contribution in [1.29, 1.82) is 0 Å². The van der Waals surface area contributed by atoms with Crippen molar-refractivity contribution in [1.82, 2.24) is 10.2 Å². The van der Waals surface area contributed by atoms with E-state index in [-0.39, 0.29) is 6.54 Å². The third-order valence-corrected chi connectivity index (χ3v) is 2.41. The Bertz CT molecular complexity index is 466. The molecule has 18 heavy (non-hydrogen) atoms. The van der Waals surface area contributed by atoms with E-state index in [1.54, 1.807) is 7.05 Å². The van der Waals surface area contributed by atoms with E-state index in [1.165, 1.54) is 7.05 Å². The molecule has 0 fully saturated rings. The summed E-state index contributed by atoms with van der Waals surface area (Å²) in [5, 5.41) is 11.8. The zero-order chi connectivity index (χ0) is 13.9. The Morgan fingerprint density at radius 2 is 2.00 bits per heavy atom. The molecule has 1 aromatic carbocycles. The largest absolute Gasteiger partial charge is 0.503 e. The van der Waals surface area contributed by atoms with Gasteiger partial charge in [-0.25, -0.2) is 8.78 Å². The number of amides is 1. The Morgan fingerprint density at radius 3 is 2.56 bits per heavy atom. The molecule has 4 nitrogen and oxygen atoms in total. The van der Waals surface area contributed by atoms with Crippen LogP contribution in [0.3, 0.4) is 0 Å². The van der Waals surface area contributed by atoms with Gasteiger partial charge in [-0.3, -0.25) is 4.79 Å². The average Bonchev–Trinajstić information content (AvgIpc) is 2.36. The Hall–Kier alpha value is -1.76. The number of phenolic OH excluding ortho intramolecular Hbond substituents is 1. The van der Waals surface area contributed by atoms with E-state index in [0.29, 0.717) is 12.6 Å². The number of carbonyl (C=O) groups excluding carboxylic acids is 1. The number of hydrogen-bond donors (Lipinski definition) is 2. The molecule has 0 saturated carbocycles. The van der Waals surface area contributed by atoms with Gasteiger partial charge < -0.3 is 15.3 Å². The highest BCUT2D eigenvalue weighted by Gasteiger charge is 2.24. The van der Waals surface area contributed by atoms with E-state index in [0.717, 1.165) is 4.90 Å². The number of phenols is 1. The number of carbonyl (C=O) groups is 1. The minimum Gasteiger partial charge on any atom is -0.503 e. The molecule has 0 bridgehead atoms. The fraction of sp³-hybridized carbons (Fsp3) is 0.364. The summed E-state index contributed by atoms with van der Waals surface area (Å²) in [4.78, 5) is 12.9. The number of benzene rings is 1. The monoisotopic (exact) mass is 262 g/mol. The summed E-state index contributed by atoms with van der Waals surface area (Å²) in [5.41, 5.74) is -0.704. The summed E-state index contributed by atoms with van der Waals surface area (Å²) in [6.07, 6.45) is 0. The van der Waals surface area contributed by atoms with Crippen LogP contribution in [0.2, 0.25) is 0 Å². The second kappa shape index (κ2) is 5.72. The number of nitrogens with zero attached hydrogens (tertiary/aromatic N) is 1. The summed E-state index contributed by atoms with van der Waals surface area (Å²) in [6.45, 7) is 0.716. The Labute approximate surface area is 102 Å². The fourth-order valence-electron chi connectivity index (χ4n) is 1.33. The molecule has 0 spiro atoms. The van der Waals surface area contributed by atoms with Crippen LogP contribution in [0, 0.1) is 17.5 Å². The van der Waals surface area contributed by atoms with E-state index in [1.807, 2.05) is 0 Å². The van der Waals surface area contributed by atoms with Crippen molar-refractivity contribution in [2.75, 3.05) is 27.2 Å². The lowest BCUT2D eigenvalue weighted by Gasteiger charge is -2.17. The van der Waals surface area contributed by atoms with Crippen LogP contribution >= 0.6 is 0 Å². The topological polar surface area (TPSA) is 52.6 Å². The molecule has 0 unspecified atom stereocenters. The molecule has 1 amide bonds. The zero-order valence-corrected chi connectivity index (χ0v) is 9.93. The molecule has 1 aromatic rings. The molecule has 0 radical (unpaired) electrons. The van der Waals surface area contributed by atoms with Crippen LogP contribution < -0.4 is 5.32 Å². The van der Waals surface area contributed by atoms with Crippen molar-refractivity contribution in [2.24, 2.45) is 0 Å². The van der Waals surface area contributed by atoms with Crippen LogP contribution in [0.4, 0.5) is 13.2 Å². The predicted octanol–water partition coefficient (Wildman–Crippen LogP) is 1.10.